The Morgan fingerprint density at radius 1 is 1.21 bits per heavy atom. The van der Waals surface area contributed by atoms with Crippen LogP contribution in [0, 0.1) is 17.2 Å². The van der Waals surface area contributed by atoms with Gasteiger partial charge in [0.2, 0.25) is 5.91 Å². The largest absolute Gasteiger partial charge is 0.322 e. The Morgan fingerprint density at radius 2 is 2.03 bits per heavy atom. The van der Waals surface area contributed by atoms with Gasteiger partial charge in [-0.3, -0.25) is 9.59 Å². The molecule has 0 saturated carbocycles. The number of amides is 2. The molecule has 0 fully saturated rings. The number of thioether (sulfide) groups is 1. The summed E-state index contributed by atoms with van der Waals surface area (Å²) >= 11 is 14.9. The number of fused-ring (bicyclic) bond motifs is 1. The number of rotatable bonds is 6. The van der Waals surface area contributed by atoms with Gasteiger partial charge in [0.1, 0.15) is 11.1 Å². The summed E-state index contributed by atoms with van der Waals surface area (Å²) in [6.07, 6.45) is 2.91. The van der Waals surface area contributed by atoms with Crippen LogP contribution in [-0.4, -0.2) is 17.6 Å². The van der Waals surface area contributed by atoms with Crippen molar-refractivity contribution in [3.63, 3.8) is 0 Å². The van der Waals surface area contributed by atoms with E-state index in [0.717, 1.165) is 29.7 Å². The molecule has 174 valence electrons. The minimum atomic E-state index is -0.346. The van der Waals surface area contributed by atoms with Gasteiger partial charge in [-0.25, -0.2) is 0 Å². The second kappa shape index (κ2) is 10.8. The molecule has 0 aliphatic heterocycles. The maximum Gasteiger partial charge on any atom is 0.257 e. The molecule has 2 amide bonds. The van der Waals surface area contributed by atoms with Crippen molar-refractivity contribution in [3.8, 4) is 6.07 Å². The first-order valence-electron chi connectivity index (χ1n) is 10.7. The quantitative estimate of drug-likeness (QED) is 0.335. The Kier molecular flexibility index (Phi) is 7.84. The summed E-state index contributed by atoms with van der Waals surface area (Å²) in [6, 6.07) is 14.2. The average Bonchev–Trinajstić information content (AvgIpc) is 3.13. The Morgan fingerprint density at radius 3 is 2.79 bits per heavy atom. The van der Waals surface area contributed by atoms with Crippen LogP contribution >= 0.6 is 46.3 Å². The van der Waals surface area contributed by atoms with Crippen LogP contribution in [0.15, 0.2) is 47.4 Å². The normalized spacial score (nSPS) is 14.7. The predicted octanol–water partition coefficient (Wildman–Crippen LogP) is 7.03. The molecule has 2 N–H and O–H groups in total. The fourth-order valence-corrected chi connectivity index (χ4v) is 6.43. The van der Waals surface area contributed by atoms with E-state index in [-0.39, 0.29) is 22.6 Å². The molecular weight excluding hydrogens is 509 g/mol. The van der Waals surface area contributed by atoms with E-state index in [1.807, 2.05) is 12.1 Å². The second-order valence-electron chi connectivity index (χ2n) is 8.11. The third-order valence-electron chi connectivity index (χ3n) is 5.51. The van der Waals surface area contributed by atoms with E-state index in [9.17, 15) is 14.9 Å². The minimum absolute atomic E-state index is 0.171. The molecule has 1 aliphatic rings. The number of hydrogen-bond donors (Lipinski definition) is 2. The molecule has 0 saturated heterocycles. The van der Waals surface area contributed by atoms with Crippen molar-refractivity contribution in [3.05, 3.63) is 74.1 Å². The van der Waals surface area contributed by atoms with Gasteiger partial charge in [0, 0.05) is 20.5 Å². The Hall–Kier alpha value is -2.50. The van der Waals surface area contributed by atoms with E-state index in [4.69, 9.17) is 23.2 Å². The van der Waals surface area contributed by atoms with Gasteiger partial charge < -0.3 is 10.6 Å². The first-order valence-corrected chi connectivity index (χ1v) is 13.2. The summed E-state index contributed by atoms with van der Waals surface area (Å²) in [6.45, 7) is 2.21. The van der Waals surface area contributed by atoms with Gasteiger partial charge in [0.25, 0.3) is 5.91 Å². The standard InChI is InChI=1S/C25H21Cl2N3O2S2/c1-14-5-7-18-20(12-28)25(34-22(18)9-14)30-23(31)13-33-17-4-2-3-16(11-17)29-24(32)19-8-6-15(26)10-21(19)27/h2-4,6,8,10-11,14H,5,7,9,13H2,1H3,(H,29,32)(H,30,31). The molecule has 5 nitrogen and oxygen atoms in total. The summed E-state index contributed by atoms with van der Waals surface area (Å²) < 4.78 is 0. The molecule has 0 spiro atoms. The number of carbonyl (C=O) groups is 2. The van der Waals surface area contributed by atoms with Crippen molar-refractivity contribution in [2.45, 2.75) is 31.1 Å². The third-order valence-corrected chi connectivity index (χ3v) is 8.23. The number of nitrogens with zero attached hydrogens (tertiary/aromatic N) is 1. The number of halogens is 2. The van der Waals surface area contributed by atoms with Crippen LogP contribution in [0.3, 0.4) is 0 Å². The first kappa shape index (κ1) is 24.6. The Bertz CT molecular complexity index is 1300. The van der Waals surface area contributed by atoms with Gasteiger partial charge in [0.15, 0.2) is 0 Å². The molecule has 0 radical (unpaired) electrons. The smallest absolute Gasteiger partial charge is 0.257 e. The van der Waals surface area contributed by atoms with Crippen LogP contribution < -0.4 is 10.6 Å². The molecule has 1 aromatic heterocycles. The second-order valence-corrected chi connectivity index (χ2v) is 11.1. The number of nitriles is 1. The highest BCUT2D eigenvalue weighted by Crippen LogP contribution is 2.39. The van der Waals surface area contributed by atoms with E-state index >= 15 is 0 Å². The summed E-state index contributed by atoms with van der Waals surface area (Å²) in [4.78, 5) is 27.2. The van der Waals surface area contributed by atoms with E-state index in [0.29, 0.717) is 32.8 Å². The number of hydrogen-bond acceptors (Lipinski definition) is 5. The molecule has 4 rings (SSSR count). The lowest BCUT2D eigenvalue weighted by Crippen LogP contribution is -2.14. The highest BCUT2D eigenvalue weighted by Gasteiger charge is 2.24. The van der Waals surface area contributed by atoms with E-state index in [1.165, 1.54) is 34.0 Å². The van der Waals surface area contributed by atoms with Crippen molar-refractivity contribution >= 4 is 68.8 Å². The molecule has 1 aliphatic carbocycles. The van der Waals surface area contributed by atoms with Crippen LogP contribution in [0.25, 0.3) is 0 Å². The Balaban J connectivity index is 1.37. The van der Waals surface area contributed by atoms with E-state index < -0.39 is 0 Å². The highest BCUT2D eigenvalue weighted by molar-refractivity contribution is 8.00. The zero-order valence-corrected chi connectivity index (χ0v) is 21.4. The monoisotopic (exact) mass is 529 g/mol. The van der Waals surface area contributed by atoms with Crippen molar-refractivity contribution in [1.29, 1.82) is 5.26 Å². The summed E-state index contributed by atoms with van der Waals surface area (Å²) in [5.74, 6) is 0.266. The van der Waals surface area contributed by atoms with Crippen molar-refractivity contribution in [2.24, 2.45) is 5.92 Å². The molecule has 2 aromatic carbocycles. The lowest BCUT2D eigenvalue weighted by atomic mass is 9.89. The van der Waals surface area contributed by atoms with Crippen LogP contribution in [0.4, 0.5) is 10.7 Å². The minimum Gasteiger partial charge on any atom is -0.322 e. The molecule has 3 aromatic rings. The van der Waals surface area contributed by atoms with E-state index in [1.54, 1.807) is 24.3 Å². The molecule has 1 heterocycles. The molecule has 34 heavy (non-hydrogen) atoms. The highest BCUT2D eigenvalue weighted by atomic mass is 35.5. The first-order chi connectivity index (χ1) is 16.3. The molecule has 1 unspecified atom stereocenters. The lowest BCUT2D eigenvalue weighted by Gasteiger charge is -2.17. The van der Waals surface area contributed by atoms with Crippen LogP contribution in [0.1, 0.15) is 39.7 Å². The van der Waals surface area contributed by atoms with Crippen LogP contribution in [0.5, 0.6) is 0 Å². The number of thiophene rings is 1. The van der Waals surface area contributed by atoms with Gasteiger partial charge in [-0.1, -0.05) is 36.2 Å². The number of nitrogens with one attached hydrogen (secondary N) is 2. The number of benzene rings is 2. The van der Waals surface area contributed by atoms with Crippen molar-refractivity contribution in [1.82, 2.24) is 0 Å². The van der Waals surface area contributed by atoms with Crippen molar-refractivity contribution < 1.29 is 9.59 Å². The zero-order chi connectivity index (χ0) is 24.2. The summed E-state index contributed by atoms with van der Waals surface area (Å²) in [5.41, 5.74) is 2.62. The Labute approximate surface area is 216 Å². The van der Waals surface area contributed by atoms with Gasteiger partial charge in [-0.15, -0.1) is 23.1 Å². The number of anilines is 2. The predicted molar refractivity (Wildman–Crippen MR) is 140 cm³/mol. The SMILES string of the molecule is CC1CCc2c(sc(NC(=O)CSc3cccc(NC(=O)c4ccc(Cl)cc4Cl)c3)c2C#N)C1. The topological polar surface area (TPSA) is 82.0 Å². The zero-order valence-electron chi connectivity index (χ0n) is 18.3. The van der Waals surface area contributed by atoms with Gasteiger partial charge in [0.05, 0.1) is 21.9 Å². The summed E-state index contributed by atoms with van der Waals surface area (Å²) in [5, 5.41) is 16.7. The van der Waals surface area contributed by atoms with Gasteiger partial charge >= 0.3 is 0 Å². The average molecular weight is 531 g/mol. The van der Waals surface area contributed by atoms with Crippen LogP contribution in [-0.2, 0) is 17.6 Å². The third kappa shape index (κ3) is 5.76. The molecular formula is C25H21Cl2N3O2S2. The van der Waals surface area contributed by atoms with Crippen molar-refractivity contribution in [2.75, 3.05) is 16.4 Å². The molecule has 0 bridgehead atoms. The van der Waals surface area contributed by atoms with E-state index in [2.05, 4.69) is 23.6 Å². The fraction of sp³-hybridized carbons (Fsp3) is 0.240. The summed E-state index contributed by atoms with van der Waals surface area (Å²) in [7, 11) is 0. The number of carbonyl (C=O) groups excluding carboxylic acids is 2. The maximum atomic E-state index is 12.6. The van der Waals surface area contributed by atoms with Gasteiger partial charge in [-0.05, 0) is 67.1 Å². The lowest BCUT2D eigenvalue weighted by molar-refractivity contribution is -0.113. The fourth-order valence-electron chi connectivity index (χ4n) is 3.80. The van der Waals surface area contributed by atoms with Crippen LogP contribution in [0.2, 0.25) is 10.0 Å². The van der Waals surface area contributed by atoms with Gasteiger partial charge in [-0.2, -0.15) is 5.26 Å². The molecule has 9 heteroatoms. The molecule has 1 atom stereocenters. The maximum absolute atomic E-state index is 12.6.